The summed E-state index contributed by atoms with van der Waals surface area (Å²) in [7, 11) is 0.451. The van der Waals surface area contributed by atoms with Crippen LogP contribution in [0, 0.1) is 0 Å². The second-order valence-corrected chi connectivity index (χ2v) is 6.94. The van der Waals surface area contributed by atoms with E-state index in [2.05, 4.69) is 0 Å². The van der Waals surface area contributed by atoms with E-state index in [0.29, 0.717) is 12.1 Å². The fourth-order valence-electron chi connectivity index (χ4n) is 1.74. The smallest absolute Gasteiger partial charge is 0.405 e. The lowest BCUT2D eigenvalue weighted by molar-refractivity contribution is 0.0884. The van der Waals surface area contributed by atoms with Crippen LogP contribution in [0.3, 0.4) is 0 Å². The fraction of sp³-hybridized carbons (Fsp3) is 0.462. The molecule has 0 bridgehead atoms. The molecule has 1 atom stereocenters. The molecule has 1 aromatic rings. The quantitative estimate of drug-likeness (QED) is 0.852. The molecule has 1 aromatic carbocycles. The second kappa shape index (κ2) is 6.71. The van der Waals surface area contributed by atoms with Crippen LogP contribution in [0.2, 0.25) is 0 Å². The molecule has 6 nitrogen and oxygen atoms in total. The molecule has 0 fully saturated rings. The Morgan fingerprint density at radius 2 is 1.85 bits per heavy atom. The number of benzene rings is 1. The van der Waals surface area contributed by atoms with E-state index < -0.39 is 22.0 Å². The molecule has 0 heterocycles. The van der Waals surface area contributed by atoms with E-state index in [-0.39, 0.29) is 10.6 Å². The van der Waals surface area contributed by atoms with Crippen molar-refractivity contribution in [2.24, 2.45) is 5.73 Å². The van der Waals surface area contributed by atoms with E-state index in [1.54, 1.807) is 19.1 Å². The average molecular weight is 300 g/mol. The van der Waals surface area contributed by atoms with Crippen molar-refractivity contribution in [3.05, 3.63) is 29.8 Å². The van der Waals surface area contributed by atoms with Gasteiger partial charge in [0, 0.05) is 6.54 Å². The molecule has 7 heteroatoms. The van der Waals surface area contributed by atoms with Crippen LogP contribution in [0.4, 0.5) is 4.79 Å². The van der Waals surface area contributed by atoms with E-state index in [9.17, 15) is 13.2 Å². The zero-order valence-electron chi connectivity index (χ0n) is 11.9. The van der Waals surface area contributed by atoms with Gasteiger partial charge in [-0.25, -0.2) is 13.2 Å². The number of hydrogen-bond donors (Lipinski definition) is 1. The summed E-state index contributed by atoms with van der Waals surface area (Å²) in [5, 5.41) is 0. The van der Waals surface area contributed by atoms with Crippen LogP contribution in [-0.4, -0.2) is 45.8 Å². The highest BCUT2D eigenvalue weighted by molar-refractivity contribution is 7.91. The largest absolute Gasteiger partial charge is 0.440 e. The lowest BCUT2D eigenvalue weighted by Crippen LogP contribution is -2.26. The number of amides is 1. The predicted molar refractivity (Wildman–Crippen MR) is 76.1 cm³/mol. The molecule has 1 rings (SSSR count). The van der Waals surface area contributed by atoms with Gasteiger partial charge in [0.15, 0.2) is 9.84 Å². The first-order valence-corrected chi connectivity index (χ1v) is 7.85. The minimum atomic E-state index is -3.23. The minimum Gasteiger partial charge on any atom is -0.440 e. The zero-order valence-corrected chi connectivity index (χ0v) is 12.7. The maximum absolute atomic E-state index is 11.7. The Balaban J connectivity index is 3.01. The van der Waals surface area contributed by atoms with Gasteiger partial charge >= 0.3 is 6.09 Å². The van der Waals surface area contributed by atoms with E-state index in [4.69, 9.17) is 10.5 Å². The van der Waals surface area contributed by atoms with Gasteiger partial charge in [0.05, 0.1) is 10.6 Å². The zero-order chi connectivity index (χ0) is 15.3. The fourth-order valence-corrected chi connectivity index (χ4v) is 2.62. The van der Waals surface area contributed by atoms with Crippen molar-refractivity contribution in [3.63, 3.8) is 0 Å². The Hall–Kier alpha value is -1.60. The number of likely N-dealkylation sites (N-methyl/N-ethyl adjacent to an activating group) is 1. The van der Waals surface area contributed by atoms with Gasteiger partial charge in [0.25, 0.3) is 0 Å². The van der Waals surface area contributed by atoms with Crippen molar-refractivity contribution in [1.29, 1.82) is 0 Å². The van der Waals surface area contributed by atoms with Crippen molar-refractivity contribution < 1.29 is 17.9 Å². The summed E-state index contributed by atoms with van der Waals surface area (Å²) in [6.07, 6.45) is -1.39. The Morgan fingerprint density at radius 1 is 1.30 bits per heavy atom. The van der Waals surface area contributed by atoms with E-state index >= 15 is 0 Å². The summed E-state index contributed by atoms with van der Waals surface area (Å²) in [6.45, 7) is 2.05. The highest BCUT2D eigenvalue weighted by Gasteiger charge is 2.18. The van der Waals surface area contributed by atoms with Crippen LogP contribution in [0.15, 0.2) is 29.2 Å². The molecule has 0 unspecified atom stereocenters. The standard InChI is InChI=1S/C13H20N2O4S/c1-4-20(17,18)11-7-5-10(6-8-11)12(9-15(2)3)19-13(14)16/h5-8,12H,4,9H2,1-3H3,(H2,14,16)/t12-/m0/s1. The number of primary amides is 1. The van der Waals surface area contributed by atoms with E-state index in [1.807, 2.05) is 19.0 Å². The van der Waals surface area contributed by atoms with Crippen molar-refractivity contribution in [2.45, 2.75) is 17.9 Å². The SMILES string of the molecule is CCS(=O)(=O)c1ccc([C@H](CN(C)C)OC(N)=O)cc1. The van der Waals surface area contributed by atoms with Crippen LogP contribution in [0.1, 0.15) is 18.6 Å². The number of sulfone groups is 1. The maximum Gasteiger partial charge on any atom is 0.405 e. The third-order valence-electron chi connectivity index (χ3n) is 2.78. The Labute approximate surface area is 119 Å². The maximum atomic E-state index is 11.7. The number of carbonyl (C=O) groups is 1. The van der Waals surface area contributed by atoms with Gasteiger partial charge in [0.2, 0.25) is 0 Å². The van der Waals surface area contributed by atoms with Gasteiger partial charge in [-0.15, -0.1) is 0 Å². The molecule has 0 aliphatic rings. The second-order valence-electron chi connectivity index (χ2n) is 4.66. The Morgan fingerprint density at radius 3 is 2.25 bits per heavy atom. The number of carbonyl (C=O) groups excluding carboxylic acids is 1. The van der Waals surface area contributed by atoms with Crippen LogP contribution in [0.25, 0.3) is 0 Å². The summed E-state index contributed by atoms with van der Waals surface area (Å²) in [5.41, 5.74) is 5.75. The van der Waals surface area contributed by atoms with Gasteiger partial charge < -0.3 is 15.4 Å². The highest BCUT2D eigenvalue weighted by atomic mass is 32.2. The molecule has 0 saturated heterocycles. The van der Waals surface area contributed by atoms with Gasteiger partial charge in [-0.05, 0) is 31.8 Å². The first-order chi connectivity index (χ1) is 9.26. The number of rotatable bonds is 6. The number of nitrogens with zero attached hydrogens (tertiary/aromatic N) is 1. The van der Waals surface area contributed by atoms with Crippen molar-refractivity contribution in [3.8, 4) is 0 Å². The van der Waals surface area contributed by atoms with Crippen LogP contribution < -0.4 is 5.73 Å². The van der Waals surface area contributed by atoms with Crippen LogP contribution in [0.5, 0.6) is 0 Å². The molecular formula is C13H20N2O4S. The molecule has 0 aromatic heterocycles. The molecule has 20 heavy (non-hydrogen) atoms. The van der Waals surface area contributed by atoms with Crippen LogP contribution >= 0.6 is 0 Å². The van der Waals surface area contributed by atoms with Gasteiger partial charge in [-0.2, -0.15) is 0 Å². The van der Waals surface area contributed by atoms with Crippen molar-refractivity contribution in [1.82, 2.24) is 4.90 Å². The predicted octanol–water partition coefficient (Wildman–Crippen LogP) is 1.18. The topological polar surface area (TPSA) is 89.7 Å². The lowest BCUT2D eigenvalue weighted by atomic mass is 10.1. The summed E-state index contributed by atoms with van der Waals surface area (Å²) in [6, 6.07) is 6.31. The summed E-state index contributed by atoms with van der Waals surface area (Å²) in [5.74, 6) is 0.0469. The Bertz CT molecular complexity index is 552. The molecule has 112 valence electrons. The number of hydrogen-bond acceptors (Lipinski definition) is 5. The van der Waals surface area contributed by atoms with Gasteiger partial charge in [-0.1, -0.05) is 19.1 Å². The first kappa shape index (κ1) is 16.5. The van der Waals surface area contributed by atoms with E-state index in [1.165, 1.54) is 12.1 Å². The van der Waals surface area contributed by atoms with Crippen molar-refractivity contribution >= 4 is 15.9 Å². The molecule has 0 aliphatic carbocycles. The summed E-state index contributed by atoms with van der Waals surface area (Å²) < 4.78 is 28.5. The minimum absolute atomic E-state index is 0.0469. The molecule has 2 N–H and O–H groups in total. The third-order valence-corrected chi connectivity index (χ3v) is 4.53. The van der Waals surface area contributed by atoms with Gasteiger partial charge in [-0.3, -0.25) is 0 Å². The number of ether oxygens (including phenoxy) is 1. The van der Waals surface area contributed by atoms with E-state index in [0.717, 1.165) is 0 Å². The Kier molecular flexibility index (Phi) is 5.52. The molecule has 0 radical (unpaired) electrons. The summed E-state index contributed by atoms with van der Waals surface area (Å²) >= 11 is 0. The molecule has 0 aliphatic heterocycles. The molecule has 1 amide bonds. The monoisotopic (exact) mass is 300 g/mol. The first-order valence-electron chi connectivity index (χ1n) is 6.19. The van der Waals surface area contributed by atoms with Gasteiger partial charge in [0.1, 0.15) is 6.10 Å². The highest BCUT2D eigenvalue weighted by Crippen LogP contribution is 2.21. The average Bonchev–Trinajstić information content (AvgIpc) is 2.37. The lowest BCUT2D eigenvalue weighted by Gasteiger charge is -2.21. The number of nitrogens with two attached hydrogens (primary N) is 1. The molecule has 0 spiro atoms. The summed E-state index contributed by atoms with van der Waals surface area (Å²) in [4.78, 5) is 13.0. The molecular weight excluding hydrogens is 280 g/mol. The van der Waals surface area contributed by atoms with Crippen LogP contribution in [-0.2, 0) is 14.6 Å². The third kappa shape index (κ3) is 4.50. The molecule has 0 saturated carbocycles. The normalized spacial score (nSPS) is 13.2. The van der Waals surface area contributed by atoms with Crippen molar-refractivity contribution in [2.75, 3.05) is 26.4 Å².